The molecule has 0 saturated carbocycles. The van der Waals surface area contributed by atoms with Crippen LogP contribution < -0.4 is 4.43 Å². The summed E-state index contributed by atoms with van der Waals surface area (Å²) in [5, 5.41) is 10.1. The van der Waals surface area contributed by atoms with E-state index in [4.69, 9.17) is 9.16 Å². The van der Waals surface area contributed by atoms with Crippen LogP contribution in [0, 0.1) is 0 Å². The first-order chi connectivity index (χ1) is 10.7. The van der Waals surface area contributed by atoms with E-state index in [0.29, 0.717) is 0 Å². The Morgan fingerprint density at radius 1 is 1.08 bits per heavy atom. The van der Waals surface area contributed by atoms with Crippen molar-refractivity contribution in [1.82, 2.24) is 0 Å². The molecule has 0 aliphatic rings. The first-order valence-corrected chi connectivity index (χ1v) is 11.3. The van der Waals surface area contributed by atoms with Gasteiger partial charge in [0.05, 0.1) is 0 Å². The fourth-order valence-corrected chi connectivity index (χ4v) is 2.85. The summed E-state index contributed by atoms with van der Waals surface area (Å²) < 4.78 is 11.4. The molecule has 136 valence electrons. The maximum absolute atomic E-state index is 11.8. The summed E-state index contributed by atoms with van der Waals surface area (Å²) >= 11 is 0. The lowest BCUT2D eigenvalue weighted by Gasteiger charge is -2.36. The van der Waals surface area contributed by atoms with Gasteiger partial charge in [-0.05, 0) is 56.6 Å². The van der Waals surface area contributed by atoms with Crippen LogP contribution in [-0.2, 0) is 16.0 Å². The van der Waals surface area contributed by atoms with Crippen LogP contribution in [0.3, 0.4) is 0 Å². The molecule has 0 aliphatic heterocycles. The molecule has 0 fully saturated rings. The minimum atomic E-state index is -1.86. The molecule has 0 aliphatic carbocycles. The van der Waals surface area contributed by atoms with Crippen LogP contribution in [0.2, 0.25) is 18.1 Å². The van der Waals surface area contributed by atoms with E-state index in [1.807, 2.05) is 24.3 Å². The Kier molecular flexibility index (Phi) is 6.28. The van der Waals surface area contributed by atoms with Gasteiger partial charge in [0.2, 0.25) is 8.32 Å². The monoisotopic (exact) mass is 352 g/mol. The van der Waals surface area contributed by atoms with Crippen LogP contribution in [0.1, 0.15) is 47.1 Å². The number of aliphatic hydroxyl groups excluding tert-OH is 1. The fourth-order valence-electron chi connectivity index (χ4n) is 1.82. The van der Waals surface area contributed by atoms with E-state index < -0.39 is 26.0 Å². The Balaban J connectivity index is 2.70. The highest BCUT2D eigenvalue weighted by molar-refractivity contribution is 6.74. The molecular weight excluding hydrogens is 320 g/mol. The van der Waals surface area contributed by atoms with Crippen LogP contribution in [-0.4, -0.2) is 31.1 Å². The first kappa shape index (κ1) is 20.7. The lowest BCUT2D eigenvalue weighted by molar-refractivity contribution is -0.164. The van der Waals surface area contributed by atoms with Gasteiger partial charge >= 0.3 is 5.97 Å². The van der Waals surface area contributed by atoms with Gasteiger partial charge in [0, 0.05) is 6.42 Å². The Morgan fingerprint density at radius 2 is 1.58 bits per heavy atom. The summed E-state index contributed by atoms with van der Waals surface area (Å²) in [5.41, 5.74) is 0.273. The van der Waals surface area contributed by atoms with Gasteiger partial charge < -0.3 is 14.3 Å². The number of carbonyl (C=O) groups is 1. The van der Waals surface area contributed by atoms with Crippen LogP contribution in [0.4, 0.5) is 0 Å². The normalized spacial score (nSPS) is 14.2. The molecule has 1 rings (SSSR count). The van der Waals surface area contributed by atoms with Crippen molar-refractivity contribution in [2.75, 3.05) is 0 Å². The summed E-state index contributed by atoms with van der Waals surface area (Å²) in [5.74, 6) is 0.237. The molecule has 0 spiro atoms. The highest BCUT2D eigenvalue weighted by Crippen LogP contribution is 2.37. The van der Waals surface area contributed by atoms with E-state index in [2.05, 4.69) is 33.9 Å². The molecule has 1 N–H and O–H groups in total. The molecule has 0 bridgehead atoms. The van der Waals surface area contributed by atoms with Crippen molar-refractivity contribution in [2.45, 2.75) is 77.8 Å². The minimum Gasteiger partial charge on any atom is -0.544 e. The van der Waals surface area contributed by atoms with Crippen molar-refractivity contribution in [3.63, 3.8) is 0 Å². The van der Waals surface area contributed by atoms with Crippen LogP contribution in [0.25, 0.3) is 0 Å². The number of ether oxygens (including phenoxy) is 1. The molecule has 24 heavy (non-hydrogen) atoms. The van der Waals surface area contributed by atoms with Gasteiger partial charge in [0.1, 0.15) is 11.4 Å². The first-order valence-electron chi connectivity index (χ1n) is 8.40. The van der Waals surface area contributed by atoms with Crippen LogP contribution >= 0.6 is 0 Å². The molecular formula is C19H32O4Si. The molecule has 1 aromatic carbocycles. The Hall–Kier alpha value is -1.33. The van der Waals surface area contributed by atoms with Gasteiger partial charge in [-0.25, -0.2) is 4.79 Å². The largest absolute Gasteiger partial charge is 0.544 e. The van der Waals surface area contributed by atoms with E-state index in [9.17, 15) is 9.90 Å². The van der Waals surface area contributed by atoms with Gasteiger partial charge in [0.15, 0.2) is 6.10 Å². The number of rotatable bonds is 5. The van der Waals surface area contributed by atoms with Gasteiger partial charge in [-0.15, -0.1) is 0 Å². The second-order valence-corrected chi connectivity index (χ2v) is 13.5. The third kappa shape index (κ3) is 6.28. The predicted octanol–water partition coefficient (Wildman–Crippen LogP) is 4.32. The molecule has 5 heteroatoms. The van der Waals surface area contributed by atoms with E-state index in [1.54, 1.807) is 20.8 Å². The zero-order valence-corrected chi connectivity index (χ0v) is 17.3. The predicted molar refractivity (Wildman–Crippen MR) is 99.8 cm³/mol. The highest BCUT2D eigenvalue weighted by Gasteiger charge is 2.38. The number of aliphatic hydroxyl groups is 1. The summed E-state index contributed by atoms with van der Waals surface area (Å²) in [6.07, 6.45) is -0.925. The number of carbonyl (C=O) groups excluding carboxylic acids is 1. The van der Waals surface area contributed by atoms with Crippen molar-refractivity contribution < 1.29 is 19.1 Å². The summed E-state index contributed by atoms with van der Waals surface area (Å²) in [4.78, 5) is 11.8. The Labute approximate surface area is 147 Å². The lowest BCUT2D eigenvalue weighted by atomic mass is 10.1. The van der Waals surface area contributed by atoms with Crippen molar-refractivity contribution >= 4 is 14.3 Å². The Morgan fingerprint density at radius 3 is 2.00 bits per heavy atom. The Bertz CT molecular complexity index is 550. The van der Waals surface area contributed by atoms with Crippen molar-refractivity contribution in [3.05, 3.63) is 29.8 Å². The molecule has 0 heterocycles. The molecule has 1 unspecified atom stereocenters. The molecule has 1 aromatic rings. The number of hydrogen-bond acceptors (Lipinski definition) is 4. The zero-order chi connectivity index (χ0) is 18.8. The molecule has 0 amide bonds. The van der Waals surface area contributed by atoms with E-state index in [0.717, 1.165) is 11.3 Å². The second kappa shape index (κ2) is 7.27. The van der Waals surface area contributed by atoms with Gasteiger partial charge in [-0.2, -0.15) is 0 Å². The SMILES string of the molecule is CC(C)(C)OC(=O)C(O)Cc1ccc(O[Si](C)(C)C(C)(C)C)cc1. The quantitative estimate of drug-likeness (QED) is 0.633. The summed E-state index contributed by atoms with van der Waals surface area (Å²) in [6.45, 7) is 16.3. The summed E-state index contributed by atoms with van der Waals surface area (Å²) in [6, 6.07) is 7.57. The second-order valence-electron chi connectivity index (χ2n) is 8.76. The standard InChI is InChI=1S/C19H32O4Si/c1-18(2,3)22-17(21)16(20)13-14-9-11-15(12-10-14)23-24(7,8)19(4,5)6/h9-12,16,20H,13H2,1-8H3. The van der Waals surface area contributed by atoms with Crippen molar-refractivity contribution in [1.29, 1.82) is 0 Å². The highest BCUT2D eigenvalue weighted by atomic mass is 28.4. The molecule has 0 saturated heterocycles. The van der Waals surface area contributed by atoms with Crippen LogP contribution in [0.15, 0.2) is 24.3 Å². The maximum atomic E-state index is 11.8. The fraction of sp³-hybridized carbons (Fsp3) is 0.632. The van der Waals surface area contributed by atoms with Crippen LogP contribution in [0.5, 0.6) is 5.75 Å². The lowest BCUT2D eigenvalue weighted by Crippen LogP contribution is -2.43. The van der Waals surface area contributed by atoms with Crippen molar-refractivity contribution in [2.24, 2.45) is 0 Å². The van der Waals surface area contributed by atoms with Gasteiger partial charge in [-0.3, -0.25) is 0 Å². The van der Waals surface area contributed by atoms with Gasteiger partial charge in [0.25, 0.3) is 0 Å². The molecule has 4 nitrogen and oxygen atoms in total. The third-order valence-corrected chi connectivity index (χ3v) is 8.57. The minimum absolute atomic E-state index is 0.137. The van der Waals surface area contributed by atoms with Crippen molar-refractivity contribution in [3.8, 4) is 5.75 Å². The maximum Gasteiger partial charge on any atom is 0.335 e. The number of esters is 1. The average molecular weight is 353 g/mol. The van der Waals surface area contributed by atoms with E-state index >= 15 is 0 Å². The number of hydrogen-bond donors (Lipinski definition) is 1. The summed E-state index contributed by atoms with van der Waals surface area (Å²) in [7, 11) is -1.86. The molecule has 1 atom stereocenters. The van der Waals surface area contributed by atoms with E-state index in [1.165, 1.54) is 0 Å². The zero-order valence-electron chi connectivity index (χ0n) is 16.3. The van der Waals surface area contributed by atoms with Gasteiger partial charge in [-0.1, -0.05) is 32.9 Å². The molecule has 0 radical (unpaired) electrons. The average Bonchev–Trinajstić information content (AvgIpc) is 2.37. The molecule has 0 aromatic heterocycles. The topological polar surface area (TPSA) is 55.8 Å². The smallest absolute Gasteiger partial charge is 0.335 e. The third-order valence-electron chi connectivity index (χ3n) is 4.21. The number of benzene rings is 1. The van der Waals surface area contributed by atoms with E-state index in [-0.39, 0.29) is 11.5 Å².